The van der Waals surface area contributed by atoms with E-state index in [1.807, 2.05) is 42.6 Å². The van der Waals surface area contributed by atoms with Crippen molar-refractivity contribution in [2.24, 2.45) is 5.41 Å². The molecule has 0 atom stereocenters. The molecule has 0 saturated carbocycles. The summed E-state index contributed by atoms with van der Waals surface area (Å²) in [6.45, 7) is 6.73. The molecule has 4 nitrogen and oxygen atoms in total. The van der Waals surface area contributed by atoms with Crippen molar-refractivity contribution in [2.45, 2.75) is 33.6 Å². The maximum Gasteiger partial charge on any atom is 0.255 e. The molecule has 0 fully saturated rings. The zero-order valence-electron chi connectivity index (χ0n) is 14.4. The minimum absolute atomic E-state index is 0.106. The van der Waals surface area contributed by atoms with Gasteiger partial charge in [0, 0.05) is 23.3 Å². The van der Waals surface area contributed by atoms with E-state index in [2.05, 4.69) is 36.1 Å². The minimum atomic E-state index is -0.106. The Bertz CT molecular complexity index is 847. The van der Waals surface area contributed by atoms with E-state index in [9.17, 15) is 4.79 Å². The van der Waals surface area contributed by atoms with Gasteiger partial charge >= 0.3 is 0 Å². The molecule has 1 aromatic carbocycles. The fourth-order valence-corrected chi connectivity index (χ4v) is 2.72. The molecule has 0 bridgehead atoms. The molecule has 0 aliphatic carbocycles. The molecule has 0 aliphatic heterocycles. The van der Waals surface area contributed by atoms with E-state index in [-0.39, 0.29) is 11.3 Å². The number of nitrogens with one attached hydrogen (secondary N) is 2. The van der Waals surface area contributed by atoms with Gasteiger partial charge in [-0.05, 0) is 41.7 Å². The van der Waals surface area contributed by atoms with E-state index >= 15 is 0 Å². The van der Waals surface area contributed by atoms with Crippen molar-refractivity contribution < 1.29 is 4.79 Å². The highest BCUT2D eigenvalue weighted by Crippen LogP contribution is 2.26. The first-order chi connectivity index (χ1) is 11.5. The van der Waals surface area contributed by atoms with Crippen molar-refractivity contribution >= 4 is 22.6 Å². The molecule has 0 unspecified atom stereocenters. The lowest BCUT2D eigenvalue weighted by Gasteiger charge is -2.22. The number of pyridine rings is 1. The van der Waals surface area contributed by atoms with Gasteiger partial charge in [0.05, 0.1) is 5.69 Å². The van der Waals surface area contributed by atoms with E-state index in [0.717, 1.165) is 29.6 Å². The molecule has 24 heavy (non-hydrogen) atoms. The van der Waals surface area contributed by atoms with Crippen LogP contribution in [0.2, 0.25) is 0 Å². The maximum absolute atomic E-state index is 12.5. The van der Waals surface area contributed by atoms with Gasteiger partial charge in [0.25, 0.3) is 5.91 Å². The zero-order valence-corrected chi connectivity index (χ0v) is 14.4. The van der Waals surface area contributed by atoms with E-state index in [4.69, 9.17) is 0 Å². The number of carbonyl (C=O) groups excluding carboxylic acids is 1. The van der Waals surface area contributed by atoms with Gasteiger partial charge in [0.1, 0.15) is 5.65 Å². The third-order valence-corrected chi connectivity index (χ3v) is 4.56. The first kappa shape index (κ1) is 16.2. The average molecular weight is 321 g/mol. The number of aromatic nitrogens is 2. The summed E-state index contributed by atoms with van der Waals surface area (Å²) >= 11 is 0. The number of H-pyrrole nitrogens is 1. The van der Waals surface area contributed by atoms with Crippen LogP contribution in [-0.4, -0.2) is 15.9 Å². The molecule has 0 aliphatic rings. The zero-order chi connectivity index (χ0) is 17.2. The fourth-order valence-electron chi connectivity index (χ4n) is 2.72. The van der Waals surface area contributed by atoms with Crippen molar-refractivity contribution in [3.05, 3.63) is 59.9 Å². The SMILES string of the molecule is CCC(C)(C)Cc1ccc(C(=O)Nc2ccnc3[nH]ccc23)cc1. The Labute approximate surface area is 142 Å². The van der Waals surface area contributed by atoms with E-state index in [0.29, 0.717) is 5.56 Å². The summed E-state index contributed by atoms with van der Waals surface area (Å²) in [4.78, 5) is 19.8. The van der Waals surface area contributed by atoms with Gasteiger partial charge in [-0.1, -0.05) is 39.3 Å². The Balaban J connectivity index is 1.75. The van der Waals surface area contributed by atoms with Crippen molar-refractivity contribution in [1.82, 2.24) is 9.97 Å². The Morgan fingerprint density at radius 2 is 1.92 bits per heavy atom. The quantitative estimate of drug-likeness (QED) is 0.709. The third-order valence-electron chi connectivity index (χ3n) is 4.56. The van der Waals surface area contributed by atoms with Gasteiger partial charge in [0.2, 0.25) is 0 Å². The lowest BCUT2D eigenvalue weighted by molar-refractivity contribution is 0.102. The lowest BCUT2D eigenvalue weighted by atomic mass is 9.83. The van der Waals surface area contributed by atoms with E-state index in [1.54, 1.807) is 6.20 Å². The molecule has 2 heterocycles. The summed E-state index contributed by atoms with van der Waals surface area (Å²) in [5.41, 5.74) is 3.73. The first-order valence-electron chi connectivity index (χ1n) is 8.31. The molecule has 0 radical (unpaired) electrons. The molecule has 124 valence electrons. The molecular weight excluding hydrogens is 298 g/mol. The van der Waals surface area contributed by atoms with E-state index in [1.165, 1.54) is 5.56 Å². The van der Waals surface area contributed by atoms with Crippen molar-refractivity contribution in [1.29, 1.82) is 0 Å². The van der Waals surface area contributed by atoms with Crippen LogP contribution in [-0.2, 0) is 6.42 Å². The number of rotatable bonds is 5. The molecular formula is C20H23N3O. The number of amides is 1. The molecule has 2 N–H and O–H groups in total. The Morgan fingerprint density at radius 1 is 1.17 bits per heavy atom. The average Bonchev–Trinajstić information content (AvgIpc) is 3.05. The largest absolute Gasteiger partial charge is 0.346 e. The van der Waals surface area contributed by atoms with Gasteiger partial charge < -0.3 is 10.3 Å². The number of benzene rings is 1. The predicted octanol–water partition coefficient (Wildman–Crippen LogP) is 4.79. The Kier molecular flexibility index (Phi) is 4.38. The number of carbonyl (C=O) groups is 1. The Morgan fingerprint density at radius 3 is 2.62 bits per heavy atom. The lowest BCUT2D eigenvalue weighted by Crippen LogP contribution is -2.14. The van der Waals surface area contributed by atoms with Crippen LogP contribution in [0.15, 0.2) is 48.8 Å². The second-order valence-electron chi connectivity index (χ2n) is 6.94. The summed E-state index contributed by atoms with van der Waals surface area (Å²) in [5.74, 6) is -0.106. The molecule has 3 aromatic rings. The normalized spacial score (nSPS) is 11.6. The van der Waals surface area contributed by atoms with Crippen LogP contribution in [0, 0.1) is 5.41 Å². The van der Waals surface area contributed by atoms with Gasteiger partial charge in [0.15, 0.2) is 0 Å². The first-order valence-corrected chi connectivity index (χ1v) is 8.31. The summed E-state index contributed by atoms with van der Waals surface area (Å²) in [7, 11) is 0. The van der Waals surface area contributed by atoms with Crippen LogP contribution < -0.4 is 5.32 Å². The van der Waals surface area contributed by atoms with Crippen molar-refractivity contribution in [2.75, 3.05) is 5.32 Å². The third kappa shape index (κ3) is 3.48. The second-order valence-corrected chi connectivity index (χ2v) is 6.94. The number of aromatic amines is 1. The molecule has 2 aromatic heterocycles. The van der Waals surface area contributed by atoms with Gasteiger partial charge in [-0.15, -0.1) is 0 Å². The van der Waals surface area contributed by atoms with Crippen LogP contribution in [0.25, 0.3) is 11.0 Å². The highest BCUT2D eigenvalue weighted by atomic mass is 16.1. The highest BCUT2D eigenvalue weighted by Gasteiger charge is 2.16. The van der Waals surface area contributed by atoms with Gasteiger partial charge in [-0.3, -0.25) is 4.79 Å². The van der Waals surface area contributed by atoms with Crippen LogP contribution in [0.1, 0.15) is 43.1 Å². The molecule has 1 amide bonds. The standard InChI is InChI=1S/C20H23N3O/c1-4-20(2,3)13-14-5-7-15(8-6-14)19(24)23-17-10-12-22-18-16(17)9-11-21-18/h5-12H,4,13H2,1-3H3,(H2,21,22,23,24). The predicted molar refractivity (Wildman–Crippen MR) is 98.3 cm³/mol. The Hall–Kier alpha value is -2.62. The van der Waals surface area contributed by atoms with Gasteiger partial charge in [-0.2, -0.15) is 0 Å². The second kappa shape index (κ2) is 6.48. The number of anilines is 1. The van der Waals surface area contributed by atoms with Crippen molar-refractivity contribution in [3.63, 3.8) is 0 Å². The van der Waals surface area contributed by atoms with Crippen LogP contribution in [0.5, 0.6) is 0 Å². The van der Waals surface area contributed by atoms with Crippen LogP contribution in [0.3, 0.4) is 0 Å². The van der Waals surface area contributed by atoms with Gasteiger partial charge in [-0.25, -0.2) is 4.98 Å². The summed E-state index contributed by atoms with van der Waals surface area (Å²) < 4.78 is 0. The molecule has 0 spiro atoms. The monoisotopic (exact) mass is 321 g/mol. The molecule has 0 saturated heterocycles. The molecule has 4 heteroatoms. The number of hydrogen-bond acceptors (Lipinski definition) is 2. The topological polar surface area (TPSA) is 57.8 Å². The van der Waals surface area contributed by atoms with Crippen molar-refractivity contribution in [3.8, 4) is 0 Å². The fraction of sp³-hybridized carbons (Fsp3) is 0.300. The summed E-state index contributed by atoms with van der Waals surface area (Å²) in [5, 5.41) is 3.88. The smallest absolute Gasteiger partial charge is 0.255 e. The van der Waals surface area contributed by atoms with E-state index < -0.39 is 0 Å². The summed E-state index contributed by atoms with van der Waals surface area (Å²) in [6.07, 6.45) is 5.64. The maximum atomic E-state index is 12.5. The number of hydrogen-bond donors (Lipinski definition) is 2. The number of nitrogens with zero attached hydrogens (tertiary/aromatic N) is 1. The minimum Gasteiger partial charge on any atom is -0.346 e. The number of fused-ring (bicyclic) bond motifs is 1. The molecule has 3 rings (SSSR count). The van der Waals surface area contributed by atoms with Crippen LogP contribution >= 0.6 is 0 Å². The van der Waals surface area contributed by atoms with Crippen LogP contribution in [0.4, 0.5) is 5.69 Å². The summed E-state index contributed by atoms with van der Waals surface area (Å²) in [6, 6.07) is 11.6. The highest BCUT2D eigenvalue weighted by molar-refractivity contribution is 6.08.